The largest absolute Gasteiger partial charge is 0.338 e. The summed E-state index contributed by atoms with van der Waals surface area (Å²) in [6.07, 6.45) is 2.34. The number of likely N-dealkylation sites (tertiary alicyclic amines) is 1. The molecule has 0 radical (unpaired) electrons. The van der Waals surface area contributed by atoms with Crippen molar-refractivity contribution in [3.05, 3.63) is 64.6 Å². The van der Waals surface area contributed by atoms with Crippen LogP contribution in [0, 0.1) is 0 Å². The Labute approximate surface area is 146 Å². The molecule has 1 saturated heterocycles. The highest BCUT2D eigenvalue weighted by molar-refractivity contribution is 7.92. The van der Waals surface area contributed by atoms with Crippen molar-refractivity contribution in [3.63, 3.8) is 0 Å². The van der Waals surface area contributed by atoms with E-state index < -0.39 is 15.1 Å². The van der Waals surface area contributed by atoms with Crippen molar-refractivity contribution in [1.29, 1.82) is 0 Å². The molecule has 1 amide bonds. The van der Waals surface area contributed by atoms with Gasteiger partial charge in [0.25, 0.3) is 11.5 Å². The Bertz CT molecular complexity index is 927. The van der Waals surface area contributed by atoms with Crippen molar-refractivity contribution >= 4 is 15.7 Å². The Morgan fingerprint density at radius 2 is 1.68 bits per heavy atom. The average molecular weight is 360 g/mol. The first-order valence-corrected chi connectivity index (χ1v) is 9.70. The zero-order chi connectivity index (χ0) is 18.0. The van der Waals surface area contributed by atoms with Crippen LogP contribution in [0.2, 0.25) is 0 Å². The minimum absolute atomic E-state index is 0.120. The molecule has 0 aliphatic carbocycles. The lowest BCUT2D eigenvalue weighted by molar-refractivity contribution is 0.0723. The van der Waals surface area contributed by atoms with Gasteiger partial charge in [0.2, 0.25) is 0 Å². The molecule has 25 heavy (non-hydrogen) atoms. The van der Waals surface area contributed by atoms with E-state index in [4.69, 9.17) is 0 Å². The zero-order valence-electron chi connectivity index (χ0n) is 14.0. The van der Waals surface area contributed by atoms with Gasteiger partial charge in [0.15, 0.2) is 9.84 Å². The molecule has 3 rings (SSSR count). The number of nitrogens with zero attached hydrogens (tertiary/aromatic N) is 2. The number of hydrogen-bond donors (Lipinski definition) is 0. The molecular weight excluding hydrogens is 340 g/mol. The maximum atomic E-state index is 12.7. The molecule has 0 spiro atoms. The predicted molar refractivity (Wildman–Crippen MR) is 94.2 cm³/mol. The van der Waals surface area contributed by atoms with E-state index in [2.05, 4.69) is 0 Å². The number of piperidine rings is 1. The molecule has 1 fully saturated rings. The maximum absolute atomic E-state index is 12.7. The summed E-state index contributed by atoms with van der Waals surface area (Å²) < 4.78 is 26.7. The summed E-state index contributed by atoms with van der Waals surface area (Å²) in [5.74, 6) is -0.336. The summed E-state index contributed by atoms with van der Waals surface area (Å²) in [7, 11) is -1.80. The first-order chi connectivity index (χ1) is 11.9. The highest BCUT2D eigenvalue weighted by Crippen LogP contribution is 2.24. The van der Waals surface area contributed by atoms with E-state index in [1.54, 1.807) is 54.5 Å². The second-order valence-corrected chi connectivity index (χ2v) is 8.42. The van der Waals surface area contributed by atoms with Crippen LogP contribution in [0.1, 0.15) is 23.2 Å². The number of hydrogen-bond acceptors (Lipinski definition) is 4. The molecule has 1 aliphatic heterocycles. The van der Waals surface area contributed by atoms with Gasteiger partial charge in [-0.3, -0.25) is 9.59 Å². The standard InChI is InChI=1S/C18H20N2O4S/c1-19-11-5-8-16(17(19)21)18(22)20-12-9-15(10-13-20)25(23,24)14-6-3-2-4-7-14/h2-8,11,15H,9-10,12-13H2,1H3. The molecule has 1 aliphatic rings. The normalized spacial score (nSPS) is 16.0. The molecule has 0 N–H and O–H groups in total. The van der Waals surface area contributed by atoms with Crippen LogP contribution in [0.15, 0.2) is 58.4 Å². The molecule has 0 unspecified atom stereocenters. The molecule has 1 aromatic heterocycles. The highest BCUT2D eigenvalue weighted by Gasteiger charge is 2.33. The monoisotopic (exact) mass is 360 g/mol. The number of aryl methyl sites for hydroxylation is 1. The fourth-order valence-electron chi connectivity index (χ4n) is 3.10. The molecule has 2 aromatic rings. The van der Waals surface area contributed by atoms with Crippen LogP contribution in [0.5, 0.6) is 0 Å². The Balaban J connectivity index is 1.73. The van der Waals surface area contributed by atoms with Crippen molar-refractivity contribution in [2.75, 3.05) is 13.1 Å². The first-order valence-electron chi connectivity index (χ1n) is 8.15. The Morgan fingerprint density at radius 3 is 2.32 bits per heavy atom. The fraction of sp³-hybridized carbons (Fsp3) is 0.333. The minimum Gasteiger partial charge on any atom is -0.338 e. The van der Waals surface area contributed by atoms with Gasteiger partial charge in [-0.2, -0.15) is 0 Å². The maximum Gasteiger partial charge on any atom is 0.263 e. The van der Waals surface area contributed by atoms with Crippen LogP contribution in [0.4, 0.5) is 0 Å². The van der Waals surface area contributed by atoms with Gasteiger partial charge in [-0.15, -0.1) is 0 Å². The van der Waals surface area contributed by atoms with Gasteiger partial charge in [0.05, 0.1) is 10.1 Å². The average Bonchev–Trinajstić information content (AvgIpc) is 2.64. The van der Waals surface area contributed by atoms with Crippen LogP contribution < -0.4 is 5.56 Å². The van der Waals surface area contributed by atoms with Crippen LogP contribution in [-0.2, 0) is 16.9 Å². The number of rotatable bonds is 3. The smallest absolute Gasteiger partial charge is 0.263 e. The van der Waals surface area contributed by atoms with Gasteiger partial charge in [0, 0.05) is 26.3 Å². The zero-order valence-corrected chi connectivity index (χ0v) is 14.8. The van der Waals surface area contributed by atoms with Gasteiger partial charge in [0.1, 0.15) is 5.56 Å². The molecule has 2 heterocycles. The second-order valence-electron chi connectivity index (χ2n) is 6.19. The van der Waals surface area contributed by atoms with Gasteiger partial charge in [-0.25, -0.2) is 8.42 Å². The van der Waals surface area contributed by atoms with Crippen molar-refractivity contribution < 1.29 is 13.2 Å². The van der Waals surface area contributed by atoms with Crippen molar-refractivity contribution in [2.45, 2.75) is 23.0 Å². The van der Waals surface area contributed by atoms with Crippen molar-refractivity contribution in [2.24, 2.45) is 7.05 Å². The molecule has 0 saturated carbocycles. The number of carbonyl (C=O) groups excluding carboxylic acids is 1. The van der Waals surface area contributed by atoms with Gasteiger partial charge < -0.3 is 9.47 Å². The number of benzene rings is 1. The lowest BCUT2D eigenvalue weighted by Crippen LogP contribution is -2.44. The van der Waals surface area contributed by atoms with E-state index in [0.29, 0.717) is 30.8 Å². The van der Waals surface area contributed by atoms with Gasteiger partial charge in [-0.05, 0) is 37.1 Å². The van der Waals surface area contributed by atoms with Crippen molar-refractivity contribution in [3.8, 4) is 0 Å². The lowest BCUT2D eigenvalue weighted by Gasteiger charge is -2.31. The minimum atomic E-state index is -3.39. The predicted octanol–water partition coefficient (Wildman–Crippen LogP) is 1.46. The Morgan fingerprint density at radius 1 is 1.04 bits per heavy atom. The topological polar surface area (TPSA) is 76.5 Å². The van der Waals surface area contributed by atoms with Crippen LogP contribution >= 0.6 is 0 Å². The number of pyridine rings is 1. The van der Waals surface area contributed by atoms with Crippen LogP contribution in [0.3, 0.4) is 0 Å². The molecule has 0 bridgehead atoms. The fourth-order valence-corrected chi connectivity index (χ4v) is 4.86. The van der Waals surface area contributed by atoms with Crippen LogP contribution in [0.25, 0.3) is 0 Å². The second kappa shape index (κ2) is 6.84. The van der Waals surface area contributed by atoms with Gasteiger partial charge in [-0.1, -0.05) is 18.2 Å². The van der Waals surface area contributed by atoms with Crippen LogP contribution in [-0.4, -0.2) is 42.1 Å². The third kappa shape index (κ3) is 3.37. The highest BCUT2D eigenvalue weighted by atomic mass is 32.2. The van der Waals surface area contributed by atoms with E-state index in [0.717, 1.165) is 0 Å². The van der Waals surface area contributed by atoms with E-state index in [9.17, 15) is 18.0 Å². The Hall–Kier alpha value is -2.41. The third-order valence-electron chi connectivity index (χ3n) is 4.59. The molecule has 0 atom stereocenters. The number of amides is 1. The third-order valence-corrected chi connectivity index (χ3v) is 6.87. The van der Waals surface area contributed by atoms with Gasteiger partial charge >= 0.3 is 0 Å². The molecular formula is C18H20N2O4S. The summed E-state index contributed by atoms with van der Waals surface area (Å²) in [6.45, 7) is 0.654. The quantitative estimate of drug-likeness (QED) is 0.830. The number of carbonyl (C=O) groups is 1. The molecule has 1 aromatic carbocycles. The SMILES string of the molecule is Cn1cccc(C(=O)N2CCC(S(=O)(=O)c3ccccc3)CC2)c1=O. The summed E-state index contributed by atoms with van der Waals surface area (Å²) >= 11 is 0. The lowest BCUT2D eigenvalue weighted by atomic mass is 10.1. The first kappa shape index (κ1) is 17.4. The molecule has 132 valence electrons. The Kier molecular flexibility index (Phi) is 4.76. The van der Waals surface area contributed by atoms with E-state index in [1.807, 2.05) is 0 Å². The number of sulfone groups is 1. The van der Waals surface area contributed by atoms with E-state index >= 15 is 0 Å². The number of aromatic nitrogens is 1. The molecule has 6 nitrogen and oxygen atoms in total. The van der Waals surface area contributed by atoms with Crippen molar-refractivity contribution in [1.82, 2.24) is 9.47 Å². The summed E-state index contributed by atoms with van der Waals surface area (Å²) in [5.41, 5.74) is -0.221. The van der Waals surface area contributed by atoms with E-state index in [1.165, 1.54) is 10.6 Å². The summed E-state index contributed by atoms with van der Waals surface area (Å²) in [6, 6.07) is 11.5. The van der Waals surface area contributed by atoms with E-state index in [-0.39, 0.29) is 17.0 Å². The summed E-state index contributed by atoms with van der Waals surface area (Å²) in [5, 5.41) is -0.502. The summed E-state index contributed by atoms with van der Waals surface area (Å²) in [4.78, 5) is 26.5. The molecule has 7 heteroatoms.